The summed E-state index contributed by atoms with van der Waals surface area (Å²) in [5.41, 5.74) is 17.1. The number of aliphatic carboxylic acids is 2. The van der Waals surface area contributed by atoms with Gasteiger partial charge < -0.3 is 48.5 Å². The molecule has 12 N–H and O–H groups in total. The molecule has 1 rings (SSSR count). The normalized spacial score (nSPS) is 13.7. The lowest BCUT2D eigenvalue weighted by Crippen LogP contribution is -2.57. The number of carbonyl (C=O) groups excluding carboxylic acids is 3. The van der Waals surface area contributed by atoms with E-state index in [1.165, 1.54) is 23.9 Å². The molecule has 0 spiro atoms. The molecule has 15 nitrogen and oxygen atoms in total. The van der Waals surface area contributed by atoms with Crippen LogP contribution in [0.4, 0.5) is 0 Å². The Kier molecular flexibility index (Phi) is 14.9. The first-order chi connectivity index (χ1) is 18.8. The van der Waals surface area contributed by atoms with Crippen molar-refractivity contribution in [2.75, 3.05) is 18.6 Å². The largest absolute Gasteiger partial charge is 0.508 e. The van der Waals surface area contributed by atoms with Crippen LogP contribution >= 0.6 is 11.8 Å². The monoisotopic (exact) mass is 583 g/mol. The van der Waals surface area contributed by atoms with Crippen LogP contribution in [0.2, 0.25) is 0 Å². The molecule has 222 valence electrons. The number of phenolic OH excluding ortho intramolecular Hbond substituents is 1. The summed E-state index contributed by atoms with van der Waals surface area (Å²) in [5.74, 6) is -4.93. The summed E-state index contributed by atoms with van der Waals surface area (Å²) in [6.45, 7) is 0.256. The molecule has 0 heterocycles. The average Bonchev–Trinajstić information content (AvgIpc) is 2.88. The first kappa shape index (κ1) is 34.0. The fourth-order valence-electron chi connectivity index (χ4n) is 3.43. The fraction of sp³-hybridized carbons (Fsp3) is 0.500. The van der Waals surface area contributed by atoms with Gasteiger partial charge in [-0.15, -0.1) is 0 Å². The highest BCUT2D eigenvalue weighted by atomic mass is 32.2. The van der Waals surface area contributed by atoms with E-state index in [0.717, 1.165) is 0 Å². The highest BCUT2D eigenvalue weighted by Crippen LogP contribution is 2.12. The third-order valence-corrected chi connectivity index (χ3v) is 6.19. The number of thioether (sulfide) groups is 1. The predicted molar refractivity (Wildman–Crippen MR) is 148 cm³/mol. The summed E-state index contributed by atoms with van der Waals surface area (Å²) in [4.78, 5) is 65.2. The number of guanidine groups is 1. The molecule has 0 aliphatic rings. The number of nitrogens with one attached hydrogen (secondary N) is 3. The molecule has 0 aliphatic carbocycles. The first-order valence-corrected chi connectivity index (χ1v) is 13.7. The Morgan fingerprint density at radius 2 is 1.48 bits per heavy atom. The standard InChI is InChI=1S/C24H37N7O8S/c1-40-10-8-16(21(36)31-18(23(38)39)12-19(33)34)29-22(37)17(11-13-4-6-14(32)7-5-13)30-20(35)15(25)3-2-9-28-24(26)27/h4-7,15-18,32H,2-3,8-12,25H2,1H3,(H,29,37)(H,30,35)(H,31,36)(H,33,34)(H,38,39)(H4,26,27,28). The number of aliphatic imine (C=N–C) groups is 1. The summed E-state index contributed by atoms with van der Waals surface area (Å²) in [5, 5.41) is 35.1. The molecule has 0 saturated carbocycles. The molecule has 40 heavy (non-hydrogen) atoms. The van der Waals surface area contributed by atoms with Gasteiger partial charge in [-0.3, -0.25) is 24.2 Å². The second kappa shape index (κ2) is 17.5. The number of hydrogen-bond acceptors (Lipinski definition) is 9. The molecule has 0 radical (unpaired) electrons. The van der Waals surface area contributed by atoms with Crippen molar-refractivity contribution in [2.45, 2.75) is 56.3 Å². The topological polar surface area (TPSA) is 273 Å². The van der Waals surface area contributed by atoms with Gasteiger partial charge >= 0.3 is 11.9 Å². The smallest absolute Gasteiger partial charge is 0.326 e. The maximum Gasteiger partial charge on any atom is 0.326 e. The summed E-state index contributed by atoms with van der Waals surface area (Å²) in [6.07, 6.45) is 1.61. The van der Waals surface area contributed by atoms with Crippen molar-refractivity contribution in [2.24, 2.45) is 22.2 Å². The van der Waals surface area contributed by atoms with E-state index >= 15 is 0 Å². The van der Waals surface area contributed by atoms with Gasteiger partial charge in [0.1, 0.15) is 23.9 Å². The van der Waals surface area contributed by atoms with Crippen LogP contribution < -0.4 is 33.2 Å². The third kappa shape index (κ3) is 13.1. The van der Waals surface area contributed by atoms with Crippen LogP contribution in [-0.2, 0) is 30.4 Å². The third-order valence-electron chi connectivity index (χ3n) is 5.55. The Morgan fingerprint density at radius 1 is 0.900 bits per heavy atom. The average molecular weight is 584 g/mol. The molecule has 4 atom stereocenters. The molecule has 0 fully saturated rings. The SMILES string of the molecule is CSCCC(NC(=O)C(Cc1ccc(O)cc1)NC(=O)C(N)CCCN=C(N)N)C(=O)NC(CC(=O)O)C(=O)O. The van der Waals surface area contributed by atoms with E-state index in [4.69, 9.17) is 22.3 Å². The zero-order valence-corrected chi connectivity index (χ0v) is 22.9. The summed E-state index contributed by atoms with van der Waals surface area (Å²) < 4.78 is 0. The van der Waals surface area contributed by atoms with Crippen molar-refractivity contribution in [3.05, 3.63) is 29.8 Å². The van der Waals surface area contributed by atoms with Crippen molar-refractivity contribution in [3.8, 4) is 5.75 Å². The second-order valence-electron chi connectivity index (χ2n) is 8.83. The van der Waals surface area contributed by atoms with Gasteiger partial charge in [0, 0.05) is 13.0 Å². The Balaban J connectivity index is 3.08. The van der Waals surface area contributed by atoms with Crippen molar-refractivity contribution < 1.29 is 39.3 Å². The van der Waals surface area contributed by atoms with Crippen molar-refractivity contribution in [1.82, 2.24) is 16.0 Å². The summed E-state index contributed by atoms with van der Waals surface area (Å²) in [7, 11) is 0. The molecular weight excluding hydrogens is 546 g/mol. The number of hydrogen-bond donors (Lipinski definition) is 9. The number of benzene rings is 1. The second-order valence-corrected chi connectivity index (χ2v) is 9.81. The van der Waals surface area contributed by atoms with Crippen LogP contribution in [0.5, 0.6) is 5.75 Å². The highest BCUT2D eigenvalue weighted by molar-refractivity contribution is 7.98. The highest BCUT2D eigenvalue weighted by Gasteiger charge is 2.31. The zero-order valence-electron chi connectivity index (χ0n) is 22.0. The Hall–Kier alpha value is -4.05. The van der Waals surface area contributed by atoms with Crippen LogP contribution in [0.3, 0.4) is 0 Å². The molecule has 1 aromatic rings. The van der Waals surface area contributed by atoms with Gasteiger partial charge in [0.25, 0.3) is 0 Å². The summed E-state index contributed by atoms with van der Waals surface area (Å²) in [6, 6.07) is 0.810. The number of carboxylic acid groups (broad SMARTS) is 2. The number of rotatable bonds is 18. The minimum absolute atomic E-state index is 0.000249. The van der Waals surface area contributed by atoms with Crippen LogP contribution in [-0.4, -0.2) is 93.7 Å². The van der Waals surface area contributed by atoms with Crippen molar-refractivity contribution in [1.29, 1.82) is 0 Å². The van der Waals surface area contributed by atoms with E-state index in [2.05, 4.69) is 20.9 Å². The van der Waals surface area contributed by atoms with Gasteiger partial charge in [0.15, 0.2) is 5.96 Å². The lowest BCUT2D eigenvalue weighted by molar-refractivity contribution is -0.147. The van der Waals surface area contributed by atoms with Gasteiger partial charge in [0.2, 0.25) is 17.7 Å². The molecule has 16 heteroatoms. The number of amides is 3. The number of carboxylic acids is 2. The molecule has 0 bridgehead atoms. The van der Waals surface area contributed by atoms with E-state index in [1.807, 2.05) is 0 Å². The van der Waals surface area contributed by atoms with Crippen molar-refractivity contribution >= 4 is 47.4 Å². The first-order valence-electron chi connectivity index (χ1n) is 12.3. The number of carbonyl (C=O) groups is 5. The number of aromatic hydroxyl groups is 1. The zero-order chi connectivity index (χ0) is 30.2. The van der Waals surface area contributed by atoms with Crippen LogP contribution in [0, 0.1) is 0 Å². The molecule has 1 aromatic carbocycles. The maximum absolute atomic E-state index is 13.3. The van der Waals surface area contributed by atoms with Gasteiger partial charge in [-0.25, -0.2) is 4.79 Å². The van der Waals surface area contributed by atoms with Crippen LogP contribution in [0.1, 0.15) is 31.2 Å². The maximum atomic E-state index is 13.3. The number of nitrogens with zero attached hydrogens (tertiary/aromatic N) is 1. The lowest BCUT2D eigenvalue weighted by atomic mass is 10.0. The minimum Gasteiger partial charge on any atom is -0.508 e. The summed E-state index contributed by atoms with van der Waals surface area (Å²) >= 11 is 1.37. The molecule has 0 aliphatic heterocycles. The fourth-order valence-corrected chi connectivity index (χ4v) is 3.90. The molecular formula is C24H37N7O8S. The molecule has 0 aromatic heterocycles. The predicted octanol–water partition coefficient (Wildman–Crippen LogP) is -1.92. The van der Waals surface area contributed by atoms with Gasteiger partial charge in [-0.2, -0.15) is 11.8 Å². The Labute approximate surface area is 235 Å². The van der Waals surface area contributed by atoms with E-state index in [1.54, 1.807) is 18.4 Å². The Morgan fingerprint density at radius 3 is 2.02 bits per heavy atom. The van der Waals surface area contributed by atoms with E-state index < -0.39 is 60.2 Å². The molecule has 4 unspecified atom stereocenters. The van der Waals surface area contributed by atoms with Crippen LogP contribution in [0.15, 0.2) is 29.3 Å². The van der Waals surface area contributed by atoms with Gasteiger partial charge in [-0.1, -0.05) is 12.1 Å². The number of nitrogens with two attached hydrogens (primary N) is 3. The van der Waals surface area contributed by atoms with E-state index in [-0.39, 0.29) is 37.5 Å². The van der Waals surface area contributed by atoms with Gasteiger partial charge in [0.05, 0.1) is 12.5 Å². The van der Waals surface area contributed by atoms with Crippen molar-refractivity contribution in [3.63, 3.8) is 0 Å². The Bertz CT molecular complexity index is 1050. The van der Waals surface area contributed by atoms with Crippen LogP contribution in [0.25, 0.3) is 0 Å². The minimum atomic E-state index is -1.71. The molecule has 0 saturated heterocycles. The molecule has 3 amide bonds. The van der Waals surface area contributed by atoms with E-state index in [9.17, 15) is 34.2 Å². The number of phenols is 1. The van der Waals surface area contributed by atoms with Gasteiger partial charge in [-0.05, 0) is 49.0 Å². The lowest BCUT2D eigenvalue weighted by Gasteiger charge is -2.25. The quantitative estimate of drug-likeness (QED) is 0.0520. The van der Waals surface area contributed by atoms with E-state index in [0.29, 0.717) is 17.7 Å².